The smallest absolute Gasteiger partial charge is 0.410 e. The number of aliphatic hydroxyl groups is 1. The molecule has 0 spiro atoms. The van der Waals surface area contributed by atoms with Crippen LogP contribution in [0, 0.1) is 5.92 Å². The maximum Gasteiger partial charge on any atom is 0.410 e. The SMILES string of the molecule is CO.COc1cccc2c1C(=O)c1c(O)c3c(c(O)c1C2=O)CC(C(=O)COC(=O)N1CCCN(C(=O)OC(C)(C)c2ccc(-c4ccccc4)cc2)CC1)C[C@@H]3OC1CC[C@H](OC2COCCN2)[C@H](C)O1. The Hall–Kier alpha value is -6.41. The van der Waals surface area contributed by atoms with Crippen LogP contribution in [0.5, 0.6) is 17.2 Å². The Labute approximate surface area is 418 Å². The second-order valence-electron chi connectivity index (χ2n) is 18.9. The summed E-state index contributed by atoms with van der Waals surface area (Å²) in [4.78, 5) is 72.4. The highest BCUT2D eigenvalue weighted by molar-refractivity contribution is 6.31. The van der Waals surface area contributed by atoms with Crippen molar-refractivity contribution in [2.75, 3.05) is 66.8 Å². The van der Waals surface area contributed by atoms with Crippen LogP contribution in [0.3, 0.4) is 0 Å². The van der Waals surface area contributed by atoms with E-state index >= 15 is 0 Å². The van der Waals surface area contributed by atoms with Gasteiger partial charge >= 0.3 is 12.2 Å². The van der Waals surface area contributed by atoms with Gasteiger partial charge in [0.05, 0.1) is 55.3 Å². The van der Waals surface area contributed by atoms with Crippen LogP contribution in [0.2, 0.25) is 0 Å². The van der Waals surface area contributed by atoms with Crippen LogP contribution in [0.1, 0.15) is 101 Å². The largest absolute Gasteiger partial charge is 0.507 e. The van der Waals surface area contributed by atoms with Crippen LogP contribution in [0.25, 0.3) is 11.1 Å². The van der Waals surface area contributed by atoms with Crippen molar-refractivity contribution in [1.29, 1.82) is 0 Å². The van der Waals surface area contributed by atoms with E-state index in [-0.39, 0.29) is 83.9 Å². The summed E-state index contributed by atoms with van der Waals surface area (Å²) < 4.78 is 41.7. The number of fused-ring (bicyclic) bond motifs is 3. The van der Waals surface area contributed by atoms with Crippen LogP contribution in [0.15, 0.2) is 72.8 Å². The van der Waals surface area contributed by atoms with E-state index < -0.39 is 77.7 Å². The van der Waals surface area contributed by atoms with Crippen LogP contribution in [-0.4, -0.2) is 146 Å². The van der Waals surface area contributed by atoms with E-state index in [1.807, 2.05) is 75.4 Å². The number of ether oxygens (including phenoxy) is 7. The number of rotatable bonds is 11. The molecule has 2 amide bonds. The van der Waals surface area contributed by atoms with E-state index in [4.69, 9.17) is 38.3 Å². The quantitative estimate of drug-likeness (QED) is 0.105. The lowest BCUT2D eigenvalue weighted by molar-refractivity contribution is -0.255. The standard InChI is InChI=1S/C53H59N3O14.CH4O/c1-30-38(68-41-29-65-25-20-54-41)18-19-42(67-30)69-40-27-33(26-36-44(40)50(61)46-45(48(36)59)47(58)35-12-8-13-39(64-4)43(35)49(46)60)37(57)28-66-51(62)55-21-9-22-56(24-23-55)52(63)70-53(2,3)34-16-14-32(15-17-34)31-10-6-5-7-11-31;1-2/h5-8,10-17,30,33,38,40-42,54,59,61H,9,18-29H2,1-4H3;2H,1H3/t30-,33?,38-,40-,41?,42?;/m0./s1. The predicted molar refractivity (Wildman–Crippen MR) is 260 cm³/mol. The van der Waals surface area contributed by atoms with Crippen molar-refractivity contribution >= 4 is 29.5 Å². The molecule has 4 aromatic carbocycles. The third-order valence-electron chi connectivity index (χ3n) is 14.0. The first kappa shape index (κ1) is 51.9. The van der Waals surface area contributed by atoms with Crippen molar-refractivity contribution in [3.05, 3.63) is 112 Å². The fourth-order valence-corrected chi connectivity index (χ4v) is 10.1. The average molecular weight is 994 g/mol. The molecule has 4 aromatic rings. The molecule has 384 valence electrons. The topological polar surface area (TPSA) is 229 Å². The molecule has 18 nitrogen and oxygen atoms in total. The summed E-state index contributed by atoms with van der Waals surface area (Å²) in [6.07, 6.45) is -3.06. The second-order valence-corrected chi connectivity index (χ2v) is 18.9. The van der Waals surface area contributed by atoms with Gasteiger partial charge in [0.2, 0.25) is 5.78 Å². The molecule has 3 heterocycles. The molecule has 0 saturated carbocycles. The van der Waals surface area contributed by atoms with Crippen LogP contribution in [-0.2, 0) is 45.2 Å². The Kier molecular flexibility index (Phi) is 16.3. The fraction of sp³-hybridized carbons (Fsp3) is 0.463. The number of aliphatic hydroxyl groups excluding tert-OH is 1. The molecule has 3 aliphatic heterocycles. The van der Waals surface area contributed by atoms with Crippen molar-refractivity contribution < 1.29 is 72.5 Å². The Morgan fingerprint density at radius 1 is 0.806 bits per heavy atom. The van der Waals surface area contributed by atoms with Gasteiger partial charge in [0.15, 0.2) is 24.5 Å². The monoisotopic (exact) mass is 993 g/mol. The van der Waals surface area contributed by atoms with Crippen LogP contribution in [0.4, 0.5) is 9.59 Å². The molecule has 0 radical (unpaired) electrons. The number of phenols is 2. The number of hydrogen-bond donors (Lipinski definition) is 4. The van der Waals surface area contributed by atoms with E-state index in [9.17, 15) is 34.2 Å². The molecular weight excluding hydrogens is 931 g/mol. The first-order valence-electron chi connectivity index (χ1n) is 24.4. The van der Waals surface area contributed by atoms with Crippen molar-refractivity contribution in [3.8, 4) is 28.4 Å². The number of methoxy groups -OCH3 is 1. The molecule has 6 atom stereocenters. The lowest BCUT2D eigenvalue weighted by Gasteiger charge is -2.40. The van der Waals surface area contributed by atoms with Crippen molar-refractivity contribution in [3.63, 3.8) is 0 Å². The van der Waals surface area contributed by atoms with Crippen molar-refractivity contribution in [2.24, 2.45) is 5.92 Å². The Balaban J connectivity index is 0.00000342. The molecule has 0 aromatic heterocycles. The number of amides is 2. The van der Waals surface area contributed by atoms with Crippen molar-refractivity contribution in [1.82, 2.24) is 15.1 Å². The molecule has 18 heteroatoms. The summed E-state index contributed by atoms with van der Waals surface area (Å²) >= 11 is 0. The molecule has 3 fully saturated rings. The predicted octanol–water partition coefficient (Wildman–Crippen LogP) is 6.42. The number of ketones is 3. The van der Waals surface area contributed by atoms with E-state index in [0.29, 0.717) is 45.6 Å². The van der Waals surface area contributed by atoms with Crippen LogP contribution >= 0.6 is 0 Å². The fourth-order valence-electron chi connectivity index (χ4n) is 10.1. The Bertz CT molecular complexity index is 2630. The van der Waals surface area contributed by atoms with Gasteiger partial charge in [-0.05, 0) is 69.2 Å². The number of hydrogen-bond acceptors (Lipinski definition) is 16. The highest BCUT2D eigenvalue weighted by Crippen LogP contribution is 2.52. The minimum absolute atomic E-state index is 0.00615. The average Bonchev–Trinajstić information content (AvgIpc) is 3.67. The van der Waals surface area contributed by atoms with Gasteiger partial charge in [-0.25, -0.2) is 9.59 Å². The number of carbonyl (C=O) groups excluding carboxylic acids is 5. The molecule has 3 unspecified atom stereocenters. The molecular formula is C54H63N3O15. The highest BCUT2D eigenvalue weighted by Gasteiger charge is 2.45. The lowest BCUT2D eigenvalue weighted by Crippen LogP contribution is -2.49. The molecule has 5 aliphatic rings. The minimum atomic E-state index is -1.11. The summed E-state index contributed by atoms with van der Waals surface area (Å²) in [5, 5.41) is 34.3. The minimum Gasteiger partial charge on any atom is -0.507 e. The third kappa shape index (κ3) is 10.8. The highest BCUT2D eigenvalue weighted by atomic mass is 16.7. The van der Waals surface area contributed by atoms with Gasteiger partial charge in [0.1, 0.15) is 29.1 Å². The molecule has 0 bridgehead atoms. The summed E-state index contributed by atoms with van der Waals surface area (Å²) in [6.45, 7) is 7.46. The summed E-state index contributed by atoms with van der Waals surface area (Å²) in [5.74, 6) is -3.80. The van der Waals surface area contributed by atoms with E-state index in [1.54, 1.807) is 11.0 Å². The molecule has 9 rings (SSSR count). The number of nitrogens with one attached hydrogen (secondary N) is 1. The van der Waals surface area contributed by atoms with Gasteiger partial charge in [-0.3, -0.25) is 19.7 Å². The number of carbonyl (C=O) groups is 5. The van der Waals surface area contributed by atoms with E-state index in [1.165, 1.54) is 24.1 Å². The number of aromatic hydroxyl groups is 2. The van der Waals surface area contributed by atoms with E-state index in [0.717, 1.165) is 23.8 Å². The number of Topliss-reactive ketones (excluding diaryl/α,β-unsaturated/α-hetero) is 1. The number of phenolic OH excluding ortho intramolecular Hbond substituents is 2. The Morgan fingerprint density at radius 3 is 2.18 bits per heavy atom. The molecule has 2 aliphatic carbocycles. The van der Waals surface area contributed by atoms with Gasteiger partial charge in [-0.2, -0.15) is 0 Å². The number of morpholine rings is 1. The lowest BCUT2D eigenvalue weighted by atomic mass is 9.73. The maximum atomic E-state index is 14.2. The summed E-state index contributed by atoms with van der Waals surface area (Å²) in [7, 11) is 2.36. The van der Waals surface area contributed by atoms with Gasteiger partial charge in [0.25, 0.3) is 0 Å². The zero-order valence-electron chi connectivity index (χ0n) is 41.2. The third-order valence-corrected chi connectivity index (χ3v) is 14.0. The maximum absolute atomic E-state index is 14.2. The molecule has 4 N–H and O–H groups in total. The van der Waals surface area contributed by atoms with E-state index in [2.05, 4.69) is 5.32 Å². The van der Waals surface area contributed by atoms with Crippen molar-refractivity contribution in [2.45, 2.75) is 89.3 Å². The zero-order chi connectivity index (χ0) is 51.3. The Morgan fingerprint density at radius 2 is 1.50 bits per heavy atom. The zero-order valence-corrected chi connectivity index (χ0v) is 41.2. The van der Waals surface area contributed by atoms with Gasteiger partial charge in [0, 0.05) is 68.9 Å². The second kappa shape index (κ2) is 22.6. The first-order chi connectivity index (χ1) is 34.7. The molecule has 3 saturated heterocycles. The van der Waals surface area contributed by atoms with Gasteiger partial charge < -0.3 is 58.3 Å². The summed E-state index contributed by atoms with van der Waals surface area (Å²) in [6, 6.07) is 22.4. The van der Waals surface area contributed by atoms with Gasteiger partial charge in [-0.1, -0.05) is 66.7 Å². The van der Waals surface area contributed by atoms with Gasteiger partial charge in [-0.15, -0.1) is 0 Å². The first-order valence-corrected chi connectivity index (χ1v) is 24.4. The molecule has 72 heavy (non-hydrogen) atoms. The number of nitrogens with zero attached hydrogens (tertiary/aromatic N) is 2. The summed E-state index contributed by atoms with van der Waals surface area (Å²) in [5.41, 5.74) is 1.30. The van der Waals surface area contributed by atoms with Crippen LogP contribution < -0.4 is 10.1 Å². The normalized spacial score (nSPS) is 23.0. The number of benzene rings is 4.